The Hall–Kier alpha value is -11.1. The van der Waals surface area contributed by atoms with Crippen molar-refractivity contribution in [2.45, 2.75) is 256 Å². The van der Waals surface area contributed by atoms with E-state index < -0.39 is 198 Å². The van der Waals surface area contributed by atoms with Crippen molar-refractivity contribution in [3.05, 3.63) is 35.9 Å². The van der Waals surface area contributed by atoms with Gasteiger partial charge in [0.1, 0.15) is 78.5 Å². The summed E-state index contributed by atoms with van der Waals surface area (Å²) in [5.74, 6) is -17.8. The lowest BCUT2D eigenvalue weighted by Crippen LogP contribution is -2.62. The number of aliphatic hydroxyl groups is 1. The summed E-state index contributed by atoms with van der Waals surface area (Å²) >= 11 is 0. The maximum atomic E-state index is 14.5. The Bertz CT molecular complexity index is 3440. The molecule has 0 fully saturated rings. The Morgan fingerprint density at radius 1 is 0.357 bits per heavy atom. The van der Waals surface area contributed by atoms with Crippen LogP contribution in [0.25, 0.3) is 0 Å². The molecule has 15 atom stereocenters. The summed E-state index contributed by atoms with van der Waals surface area (Å²) in [5.41, 5.74) is 50.9. The second kappa shape index (κ2) is 53.8. The van der Waals surface area contributed by atoms with Crippen LogP contribution in [0.15, 0.2) is 45.3 Å². The van der Waals surface area contributed by atoms with Gasteiger partial charge in [-0.05, 0) is 148 Å². The van der Waals surface area contributed by atoms with E-state index in [1.165, 1.54) is 34.6 Å². The second-order valence-electron chi connectivity index (χ2n) is 29.1. The number of hydrogen-bond acceptors (Lipinski definition) is 22. The quantitative estimate of drug-likeness (QED) is 0.0164. The van der Waals surface area contributed by atoms with E-state index >= 15 is 0 Å². The van der Waals surface area contributed by atoms with Crippen LogP contribution in [0.2, 0.25) is 0 Å². The average Bonchev–Trinajstić information content (AvgIpc) is 0.855. The van der Waals surface area contributed by atoms with Crippen LogP contribution in [0, 0.1) is 17.8 Å². The molecule has 0 aliphatic carbocycles. The first kappa shape index (κ1) is 102. The number of nitrogens with one attached hydrogen (secondary N) is 13. The van der Waals surface area contributed by atoms with Crippen LogP contribution in [0.5, 0.6) is 0 Å². The van der Waals surface area contributed by atoms with Crippen molar-refractivity contribution >= 4 is 107 Å². The van der Waals surface area contributed by atoms with Crippen molar-refractivity contribution in [2.75, 3.05) is 32.7 Å². The lowest BCUT2D eigenvalue weighted by molar-refractivity contribution is -0.143. The molecule has 1 rings (SSSR count). The maximum Gasteiger partial charge on any atom is 0.326 e. The molecule has 0 unspecified atom stereocenters. The first-order valence-corrected chi connectivity index (χ1v) is 38.4. The van der Waals surface area contributed by atoms with Gasteiger partial charge in [0, 0.05) is 26.1 Å². The van der Waals surface area contributed by atoms with Crippen molar-refractivity contribution in [3.63, 3.8) is 0 Å². The van der Waals surface area contributed by atoms with Crippen LogP contribution in [0.1, 0.15) is 165 Å². The number of carbonyl (C=O) groups excluding carboxylic acids is 13. The number of benzene rings is 1. The van der Waals surface area contributed by atoms with Crippen LogP contribution >= 0.6 is 0 Å². The van der Waals surface area contributed by atoms with Crippen LogP contribution < -0.4 is 121 Å². The van der Waals surface area contributed by atoms with Crippen LogP contribution in [0.4, 0.5) is 0 Å². The van der Waals surface area contributed by atoms with Crippen molar-refractivity contribution in [1.29, 1.82) is 0 Å². The molecule has 115 heavy (non-hydrogen) atoms. The summed E-state index contributed by atoms with van der Waals surface area (Å²) in [6.45, 7) is 15.1. The van der Waals surface area contributed by atoms with E-state index in [2.05, 4.69) is 84.1 Å². The second-order valence-corrected chi connectivity index (χ2v) is 29.1. The Kier molecular flexibility index (Phi) is 47.7. The Morgan fingerprint density at radius 2 is 0.661 bits per heavy atom. The molecule has 43 heteroatoms. The largest absolute Gasteiger partial charge is 0.481 e. The zero-order valence-electron chi connectivity index (χ0n) is 67.4. The summed E-state index contributed by atoms with van der Waals surface area (Å²) in [7, 11) is 0. The van der Waals surface area contributed by atoms with E-state index in [4.69, 9.17) is 51.6 Å². The van der Waals surface area contributed by atoms with Gasteiger partial charge >= 0.3 is 11.9 Å². The molecule has 1 aromatic rings. The number of amides is 13. The number of carbonyl (C=O) groups is 15. The van der Waals surface area contributed by atoms with Crippen molar-refractivity contribution < 1.29 is 87.2 Å². The molecule has 648 valence electrons. The Morgan fingerprint density at radius 3 is 1.04 bits per heavy atom. The van der Waals surface area contributed by atoms with Gasteiger partial charge in [0.2, 0.25) is 76.8 Å². The van der Waals surface area contributed by atoms with Gasteiger partial charge in [-0.25, -0.2) is 4.79 Å². The molecule has 0 spiro atoms. The number of carboxylic acids is 2. The zero-order chi connectivity index (χ0) is 87.4. The number of rotatable bonds is 56. The molecule has 0 aliphatic heterocycles. The average molecular weight is 1630 g/mol. The molecule has 0 saturated heterocycles. The summed E-state index contributed by atoms with van der Waals surface area (Å²) < 4.78 is 0. The molecule has 0 aromatic heterocycles. The van der Waals surface area contributed by atoms with E-state index in [0.717, 1.165) is 6.92 Å². The molecular weight excluding hydrogens is 1500 g/mol. The minimum atomic E-state index is -1.99. The molecule has 13 amide bonds. The molecular formula is C72H127N25O18. The first-order valence-electron chi connectivity index (χ1n) is 38.4. The third kappa shape index (κ3) is 41.0. The first-order chi connectivity index (χ1) is 53.9. The van der Waals surface area contributed by atoms with E-state index in [9.17, 15) is 87.2 Å². The van der Waals surface area contributed by atoms with Gasteiger partial charge in [0.15, 0.2) is 17.9 Å². The van der Waals surface area contributed by atoms with Gasteiger partial charge in [-0.1, -0.05) is 71.9 Å². The predicted octanol–water partition coefficient (Wildman–Crippen LogP) is -7.36. The molecule has 34 N–H and O–H groups in total. The molecule has 0 heterocycles. The lowest BCUT2D eigenvalue weighted by Gasteiger charge is -2.30. The Balaban J connectivity index is 3.60. The highest BCUT2D eigenvalue weighted by molar-refractivity contribution is 6.01. The molecule has 1 aromatic carbocycles. The lowest BCUT2D eigenvalue weighted by atomic mass is 10.00. The SMILES string of the molecule is CC(C)C[C@H](N)C(=O)N[C@@H](C)C(=O)N[C@@H](CCCN=C(N)N)C(=O)N[C@@H](C)C(=O)N[C@@H](Cc1ccccc1)C(=O)N[C@@H](CCCN=C(N)N)C(=O)N[C@@H](C)C(=O)N[C@H](C(=O)N[C@H](C(=O)N[C@@H](CC(=O)O)C(=O)N[C@@H](CCCN=C(N)N)C(=O)N[C@H](C(=O)N[C@@H](CCCCN)C(=O)N[C@@H](CCCCN)C(=O)O)C(C)C)C(C)C)[C@@H](C)O. The van der Waals surface area contributed by atoms with Gasteiger partial charge in [-0.2, -0.15) is 0 Å². The van der Waals surface area contributed by atoms with E-state index in [0.29, 0.717) is 37.7 Å². The summed E-state index contributed by atoms with van der Waals surface area (Å²) in [4.78, 5) is 218. The van der Waals surface area contributed by atoms with Gasteiger partial charge in [0.25, 0.3) is 0 Å². The zero-order valence-corrected chi connectivity index (χ0v) is 67.4. The van der Waals surface area contributed by atoms with Gasteiger partial charge in [0.05, 0.1) is 18.6 Å². The highest BCUT2D eigenvalue weighted by Gasteiger charge is 2.39. The maximum absolute atomic E-state index is 14.5. The van der Waals surface area contributed by atoms with Crippen LogP contribution in [-0.4, -0.2) is 245 Å². The number of hydrogen-bond donors (Lipinski definition) is 25. The smallest absolute Gasteiger partial charge is 0.326 e. The number of aliphatic carboxylic acids is 2. The predicted molar refractivity (Wildman–Crippen MR) is 426 cm³/mol. The summed E-state index contributed by atoms with van der Waals surface area (Å²) in [6.07, 6.45) is -1.37. The van der Waals surface area contributed by atoms with E-state index in [1.54, 1.807) is 44.2 Å². The number of guanidine groups is 3. The van der Waals surface area contributed by atoms with Crippen molar-refractivity contribution in [3.8, 4) is 0 Å². The van der Waals surface area contributed by atoms with E-state index in [1.807, 2.05) is 13.8 Å². The van der Waals surface area contributed by atoms with Crippen molar-refractivity contribution in [2.24, 2.45) is 84.3 Å². The molecule has 0 bridgehead atoms. The number of nitrogens with zero attached hydrogens (tertiary/aromatic N) is 3. The standard InChI is InChI=1S/C72H127N25O18/c1-36(2)33-44(75)59(104)85-39(7)56(101)88-46(25-18-30-82-70(76)77)60(105)86-40(8)57(102)93-50(34-43-21-12-11-13-22-43)64(109)89-47(26-19-31-83-71(78)79)61(106)87-41(9)58(103)97-55(42(10)98)68(113)96-54(38(5)6)67(112)94-51(35-52(99)100)65(110)90-48(27-20-32-84-72(80)81)63(108)95-53(37(3)4)66(111)91-45(23-14-16-28-73)62(107)92-49(69(114)115)24-15-17-29-74/h11-13,21-22,36-42,44-51,53-55,98H,14-20,23-35,73-75H2,1-10H3,(H,85,104)(H,86,105)(H,87,106)(H,88,101)(H,89,109)(H,90,110)(H,91,111)(H,92,107)(H,93,102)(H,94,112)(H,95,108)(H,96,113)(H,97,103)(H,99,100)(H,114,115)(H4,76,77,82)(H4,78,79,83)(H4,80,81,84)/t39-,40-,41-,42+,44-,45-,46-,47-,48-,49-,50-,51-,53-,54-,55-/m0/s1. The fourth-order valence-electron chi connectivity index (χ4n) is 11.2. The monoisotopic (exact) mass is 1630 g/mol. The van der Waals surface area contributed by atoms with Gasteiger partial charge in [-0.15, -0.1) is 0 Å². The number of unbranched alkanes of at least 4 members (excludes halogenated alkanes) is 2. The molecule has 43 nitrogen and oxygen atoms in total. The van der Waals surface area contributed by atoms with Crippen LogP contribution in [-0.2, 0) is 78.3 Å². The van der Waals surface area contributed by atoms with Gasteiger partial charge < -0.3 is 136 Å². The Labute approximate surface area is 669 Å². The normalized spacial score (nSPS) is 15.0. The fourth-order valence-corrected chi connectivity index (χ4v) is 11.2. The number of aliphatic imine (C=N–C) groups is 3. The number of carboxylic acid groups (broad SMARTS) is 2. The highest BCUT2D eigenvalue weighted by atomic mass is 16.4. The molecule has 0 saturated carbocycles. The minimum Gasteiger partial charge on any atom is -0.481 e. The molecule has 0 aliphatic rings. The summed E-state index contributed by atoms with van der Waals surface area (Å²) in [6, 6.07) is -12.3. The van der Waals surface area contributed by atoms with Crippen LogP contribution in [0.3, 0.4) is 0 Å². The third-order valence-electron chi connectivity index (χ3n) is 17.7. The fraction of sp³-hybridized carbons (Fsp3) is 0.667. The molecule has 0 radical (unpaired) electrons. The summed E-state index contributed by atoms with van der Waals surface area (Å²) in [5, 5.41) is 63.3. The highest BCUT2D eigenvalue weighted by Crippen LogP contribution is 2.14. The topological polar surface area (TPSA) is 744 Å². The third-order valence-corrected chi connectivity index (χ3v) is 17.7. The van der Waals surface area contributed by atoms with Gasteiger partial charge in [-0.3, -0.25) is 82.1 Å². The van der Waals surface area contributed by atoms with Crippen molar-refractivity contribution in [1.82, 2.24) is 69.1 Å². The number of nitrogens with two attached hydrogens (primary N) is 9. The van der Waals surface area contributed by atoms with E-state index in [-0.39, 0.29) is 114 Å². The minimum absolute atomic E-state index is 0.00876. The number of aliphatic hydroxyl groups excluding tert-OH is 1.